The molecule has 1 amide bonds. The van der Waals surface area contributed by atoms with Crippen molar-refractivity contribution in [2.75, 3.05) is 13.6 Å². The van der Waals surface area contributed by atoms with Gasteiger partial charge in [-0.3, -0.25) is 4.79 Å². The van der Waals surface area contributed by atoms with Gasteiger partial charge in [-0.25, -0.2) is 17.9 Å². The van der Waals surface area contributed by atoms with Crippen molar-refractivity contribution in [3.63, 3.8) is 0 Å². The van der Waals surface area contributed by atoms with Crippen LogP contribution in [0.3, 0.4) is 0 Å². The molecular weight excluding hydrogens is 316 g/mol. The predicted molar refractivity (Wildman–Crippen MR) is 78.0 cm³/mol. The Hall–Kier alpha value is -1.97. The summed E-state index contributed by atoms with van der Waals surface area (Å²) < 4.78 is 27.3. The van der Waals surface area contributed by atoms with Crippen molar-refractivity contribution in [1.82, 2.24) is 10.0 Å². The van der Waals surface area contributed by atoms with Crippen LogP contribution in [0.15, 0.2) is 29.2 Å². The molecule has 0 aliphatic rings. The van der Waals surface area contributed by atoms with Crippen molar-refractivity contribution in [3.8, 4) is 0 Å². The average Bonchev–Trinajstić information content (AvgIpc) is 2.85. The minimum Gasteiger partial charge on any atom is -0.477 e. The maximum absolute atomic E-state index is 12.3. The van der Waals surface area contributed by atoms with Gasteiger partial charge in [0, 0.05) is 17.1 Å². The second kappa shape index (κ2) is 5.80. The molecule has 0 fully saturated rings. The fourth-order valence-corrected chi connectivity index (χ4v) is 4.47. The number of likely N-dealkylation sites (N-methyl/N-ethyl adjacent to an activating group) is 1. The molecule has 0 aliphatic heterocycles. The van der Waals surface area contributed by atoms with Crippen LogP contribution >= 0.6 is 11.3 Å². The Kier molecular flexibility index (Phi) is 4.26. The number of aromatic carboxylic acids is 1. The maximum atomic E-state index is 12.3. The number of amides is 1. The van der Waals surface area contributed by atoms with E-state index in [1.54, 1.807) is 18.2 Å². The zero-order chi connectivity index (χ0) is 15.6. The van der Waals surface area contributed by atoms with Gasteiger partial charge in [0.15, 0.2) is 0 Å². The van der Waals surface area contributed by atoms with E-state index in [-0.39, 0.29) is 9.77 Å². The van der Waals surface area contributed by atoms with Crippen LogP contribution in [0.1, 0.15) is 9.67 Å². The fraction of sp³-hybridized carbons (Fsp3) is 0.167. The third kappa shape index (κ3) is 3.04. The summed E-state index contributed by atoms with van der Waals surface area (Å²) in [5.41, 5.74) is 0. The molecule has 1 aromatic heterocycles. The standard InChI is InChI=1S/C12H12N2O5S2/c1-13-9(15)6-14-21(18,19)11-7-4-2-3-5-8(7)20-10(11)12(16)17/h2-5,14H,6H2,1H3,(H,13,15)(H,16,17). The Morgan fingerprint density at radius 2 is 1.95 bits per heavy atom. The first-order valence-corrected chi connectivity index (χ1v) is 8.12. The molecule has 21 heavy (non-hydrogen) atoms. The molecule has 9 heteroatoms. The summed E-state index contributed by atoms with van der Waals surface area (Å²) >= 11 is 0.880. The Balaban J connectivity index is 2.56. The second-order valence-electron chi connectivity index (χ2n) is 4.06. The van der Waals surface area contributed by atoms with E-state index < -0.39 is 28.4 Å². The van der Waals surface area contributed by atoms with E-state index in [0.717, 1.165) is 11.3 Å². The van der Waals surface area contributed by atoms with Crippen LogP contribution in [0.5, 0.6) is 0 Å². The molecule has 0 atom stereocenters. The Morgan fingerprint density at radius 1 is 1.29 bits per heavy atom. The minimum atomic E-state index is -4.11. The molecule has 0 radical (unpaired) electrons. The molecule has 0 unspecified atom stereocenters. The number of hydrogen-bond donors (Lipinski definition) is 3. The smallest absolute Gasteiger partial charge is 0.347 e. The summed E-state index contributed by atoms with van der Waals surface area (Å²) in [4.78, 5) is 21.8. The van der Waals surface area contributed by atoms with Crippen LogP contribution in [0.25, 0.3) is 10.1 Å². The van der Waals surface area contributed by atoms with Crippen molar-refractivity contribution >= 4 is 43.3 Å². The lowest BCUT2D eigenvalue weighted by Crippen LogP contribution is -2.35. The molecule has 2 rings (SSSR count). The first-order chi connectivity index (χ1) is 9.86. The molecular formula is C12H12N2O5S2. The number of carboxylic acids is 1. The topological polar surface area (TPSA) is 113 Å². The van der Waals surface area contributed by atoms with E-state index in [0.29, 0.717) is 10.1 Å². The lowest BCUT2D eigenvalue weighted by molar-refractivity contribution is -0.119. The van der Waals surface area contributed by atoms with Crippen molar-refractivity contribution in [2.45, 2.75) is 4.90 Å². The minimum absolute atomic E-state index is 0.277. The lowest BCUT2D eigenvalue weighted by Gasteiger charge is -2.06. The Morgan fingerprint density at radius 3 is 2.57 bits per heavy atom. The highest BCUT2D eigenvalue weighted by molar-refractivity contribution is 7.90. The van der Waals surface area contributed by atoms with E-state index in [4.69, 9.17) is 0 Å². The highest BCUT2D eigenvalue weighted by Crippen LogP contribution is 2.34. The number of nitrogens with one attached hydrogen (secondary N) is 2. The van der Waals surface area contributed by atoms with Crippen LogP contribution in [-0.4, -0.2) is 39.0 Å². The van der Waals surface area contributed by atoms with Gasteiger partial charge in [0.05, 0.1) is 6.54 Å². The summed E-state index contributed by atoms with van der Waals surface area (Å²) in [5, 5.41) is 11.8. The summed E-state index contributed by atoms with van der Waals surface area (Å²) in [5.74, 6) is -1.84. The Bertz CT molecular complexity index is 810. The van der Waals surface area contributed by atoms with Gasteiger partial charge in [-0.05, 0) is 6.07 Å². The van der Waals surface area contributed by atoms with Gasteiger partial charge in [-0.1, -0.05) is 18.2 Å². The lowest BCUT2D eigenvalue weighted by atomic mass is 10.2. The third-order valence-corrected chi connectivity index (χ3v) is 5.49. The zero-order valence-electron chi connectivity index (χ0n) is 10.9. The van der Waals surface area contributed by atoms with E-state index in [1.807, 2.05) is 0 Å². The van der Waals surface area contributed by atoms with E-state index >= 15 is 0 Å². The fourth-order valence-electron chi connectivity index (χ4n) is 1.75. The predicted octanol–water partition coefficient (Wildman–Crippen LogP) is 0.624. The van der Waals surface area contributed by atoms with Crippen molar-refractivity contribution in [1.29, 1.82) is 0 Å². The highest BCUT2D eigenvalue weighted by Gasteiger charge is 2.28. The van der Waals surface area contributed by atoms with Crippen molar-refractivity contribution < 1.29 is 23.1 Å². The number of hydrogen-bond acceptors (Lipinski definition) is 5. The summed E-state index contributed by atoms with van der Waals surface area (Å²) in [6, 6.07) is 6.49. The number of carbonyl (C=O) groups is 2. The number of benzene rings is 1. The molecule has 112 valence electrons. The first kappa shape index (κ1) is 15.4. The number of thiophene rings is 1. The van der Waals surface area contributed by atoms with Gasteiger partial charge >= 0.3 is 5.97 Å². The normalized spacial score (nSPS) is 11.5. The van der Waals surface area contributed by atoms with Gasteiger partial charge in [0.1, 0.15) is 9.77 Å². The molecule has 1 heterocycles. The van der Waals surface area contributed by atoms with Crippen LogP contribution in [0.2, 0.25) is 0 Å². The van der Waals surface area contributed by atoms with Crippen LogP contribution in [-0.2, 0) is 14.8 Å². The molecule has 0 bridgehead atoms. The third-order valence-electron chi connectivity index (χ3n) is 2.71. The van der Waals surface area contributed by atoms with Gasteiger partial charge < -0.3 is 10.4 Å². The molecule has 0 saturated heterocycles. The van der Waals surface area contributed by atoms with E-state index in [9.17, 15) is 23.1 Å². The molecule has 1 aromatic carbocycles. The number of sulfonamides is 1. The largest absolute Gasteiger partial charge is 0.477 e. The second-order valence-corrected chi connectivity index (χ2v) is 6.82. The van der Waals surface area contributed by atoms with E-state index in [1.165, 1.54) is 13.1 Å². The van der Waals surface area contributed by atoms with Gasteiger partial charge in [-0.2, -0.15) is 0 Å². The van der Waals surface area contributed by atoms with E-state index in [2.05, 4.69) is 10.0 Å². The number of fused-ring (bicyclic) bond motifs is 1. The molecule has 0 aliphatic carbocycles. The van der Waals surface area contributed by atoms with Crippen molar-refractivity contribution in [3.05, 3.63) is 29.1 Å². The summed E-state index contributed by atoms with van der Waals surface area (Å²) in [6.45, 7) is -0.456. The molecule has 7 nitrogen and oxygen atoms in total. The van der Waals surface area contributed by atoms with Crippen LogP contribution < -0.4 is 10.0 Å². The SMILES string of the molecule is CNC(=O)CNS(=O)(=O)c1c(C(=O)O)sc2ccccc12. The first-order valence-electron chi connectivity index (χ1n) is 5.82. The maximum Gasteiger partial charge on any atom is 0.347 e. The number of carboxylic acid groups (broad SMARTS) is 1. The quantitative estimate of drug-likeness (QED) is 0.745. The monoisotopic (exact) mass is 328 g/mol. The number of carbonyl (C=O) groups excluding carboxylic acids is 1. The van der Waals surface area contributed by atoms with Crippen molar-refractivity contribution in [2.24, 2.45) is 0 Å². The van der Waals surface area contributed by atoms with Crippen LogP contribution in [0, 0.1) is 0 Å². The summed E-state index contributed by atoms with van der Waals surface area (Å²) in [7, 11) is -2.73. The van der Waals surface area contributed by atoms with Gasteiger partial charge in [0.2, 0.25) is 15.9 Å². The molecule has 2 aromatic rings. The highest BCUT2D eigenvalue weighted by atomic mass is 32.2. The van der Waals surface area contributed by atoms with Crippen LogP contribution in [0.4, 0.5) is 0 Å². The molecule has 0 saturated carbocycles. The summed E-state index contributed by atoms with van der Waals surface area (Å²) in [6.07, 6.45) is 0. The number of rotatable bonds is 5. The molecule has 3 N–H and O–H groups in total. The average molecular weight is 328 g/mol. The van der Waals surface area contributed by atoms with Gasteiger partial charge in [-0.15, -0.1) is 11.3 Å². The zero-order valence-corrected chi connectivity index (χ0v) is 12.5. The van der Waals surface area contributed by atoms with Gasteiger partial charge in [0.25, 0.3) is 0 Å². The molecule has 0 spiro atoms. The Labute approximate surface area is 124 Å².